The first kappa shape index (κ1) is 10.4. The summed E-state index contributed by atoms with van der Waals surface area (Å²) in [5.41, 5.74) is 11.3. The Kier molecular flexibility index (Phi) is 3.22. The summed E-state index contributed by atoms with van der Waals surface area (Å²) in [4.78, 5) is 0. The van der Waals surface area contributed by atoms with E-state index in [4.69, 9.17) is 5.73 Å². The molecule has 0 aliphatic heterocycles. The minimum absolute atomic E-state index is 0.738. The van der Waals surface area contributed by atoms with E-state index in [1.807, 2.05) is 0 Å². The number of hydrogen-bond donors (Lipinski definition) is 1. The van der Waals surface area contributed by atoms with Crippen molar-refractivity contribution >= 4 is 5.57 Å². The Morgan fingerprint density at radius 2 is 2.13 bits per heavy atom. The molecular weight excluding hydrogens is 182 g/mol. The van der Waals surface area contributed by atoms with E-state index in [-0.39, 0.29) is 0 Å². The van der Waals surface area contributed by atoms with E-state index in [2.05, 4.69) is 31.2 Å². The Hall–Kier alpha value is -1.08. The third-order valence-electron chi connectivity index (χ3n) is 3.17. The highest BCUT2D eigenvalue weighted by molar-refractivity contribution is 5.65. The number of rotatable bonds is 3. The topological polar surface area (TPSA) is 26.0 Å². The maximum absolute atomic E-state index is 5.50. The third-order valence-corrected chi connectivity index (χ3v) is 3.17. The molecule has 1 aromatic carbocycles. The average molecular weight is 201 g/mol. The normalized spacial score (nSPS) is 15.5. The third kappa shape index (κ3) is 2.29. The van der Waals surface area contributed by atoms with Gasteiger partial charge in [0.15, 0.2) is 0 Å². The number of hydrogen-bond acceptors (Lipinski definition) is 1. The molecule has 15 heavy (non-hydrogen) atoms. The van der Waals surface area contributed by atoms with Crippen molar-refractivity contribution in [1.29, 1.82) is 0 Å². The first-order valence-electron chi connectivity index (χ1n) is 5.80. The van der Waals surface area contributed by atoms with Gasteiger partial charge < -0.3 is 5.73 Å². The van der Waals surface area contributed by atoms with Crippen molar-refractivity contribution in [1.82, 2.24) is 0 Å². The Balaban J connectivity index is 2.22. The molecule has 0 saturated heterocycles. The van der Waals surface area contributed by atoms with Gasteiger partial charge in [-0.2, -0.15) is 0 Å². The van der Waals surface area contributed by atoms with E-state index in [1.165, 1.54) is 30.4 Å². The average Bonchev–Trinajstić information content (AvgIpc) is 2.72. The van der Waals surface area contributed by atoms with E-state index < -0.39 is 0 Å². The van der Waals surface area contributed by atoms with Gasteiger partial charge in [0.05, 0.1) is 0 Å². The van der Waals surface area contributed by atoms with E-state index in [0.29, 0.717) is 0 Å². The van der Waals surface area contributed by atoms with Gasteiger partial charge in [0.25, 0.3) is 0 Å². The molecule has 2 rings (SSSR count). The summed E-state index contributed by atoms with van der Waals surface area (Å²) in [6, 6.07) is 6.88. The summed E-state index contributed by atoms with van der Waals surface area (Å²) in [6.45, 7) is 2.91. The van der Waals surface area contributed by atoms with E-state index in [1.54, 1.807) is 11.1 Å². The molecule has 1 aromatic rings. The van der Waals surface area contributed by atoms with Crippen LogP contribution >= 0.6 is 0 Å². The van der Waals surface area contributed by atoms with Crippen molar-refractivity contribution in [2.24, 2.45) is 5.73 Å². The van der Waals surface area contributed by atoms with Crippen molar-refractivity contribution in [2.45, 2.75) is 32.6 Å². The van der Waals surface area contributed by atoms with Crippen molar-refractivity contribution in [2.75, 3.05) is 6.54 Å². The van der Waals surface area contributed by atoms with Crippen molar-refractivity contribution in [3.05, 3.63) is 41.0 Å². The monoisotopic (exact) mass is 201 g/mol. The van der Waals surface area contributed by atoms with Gasteiger partial charge >= 0.3 is 0 Å². The summed E-state index contributed by atoms with van der Waals surface area (Å²) in [7, 11) is 0. The molecule has 0 aromatic heterocycles. The van der Waals surface area contributed by atoms with Crippen molar-refractivity contribution < 1.29 is 0 Å². The second kappa shape index (κ2) is 4.63. The molecule has 0 radical (unpaired) electrons. The maximum Gasteiger partial charge on any atom is -0.00424 e. The molecule has 80 valence electrons. The van der Waals surface area contributed by atoms with Gasteiger partial charge in [0.1, 0.15) is 0 Å². The molecular formula is C14H19N. The largest absolute Gasteiger partial charge is 0.330 e. The first-order valence-corrected chi connectivity index (χ1v) is 5.80. The first-order chi connectivity index (χ1) is 7.31. The Morgan fingerprint density at radius 1 is 1.33 bits per heavy atom. The maximum atomic E-state index is 5.50. The summed E-state index contributed by atoms with van der Waals surface area (Å²) >= 11 is 0. The van der Waals surface area contributed by atoms with Gasteiger partial charge in [-0.15, -0.1) is 0 Å². The standard InChI is InChI=1S/C14H19N/c1-11(4-3-9-15)13-8-7-12-5-2-6-14(12)10-13/h4,7-8,10H,2-3,5-6,9,15H2,1H3/b11-4+. The zero-order chi connectivity index (χ0) is 10.7. The fourth-order valence-corrected chi connectivity index (χ4v) is 2.23. The SMILES string of the molecule is C/C(=C\CCN)c1ccc2c(c1)CCC2. The van der Waals surface area contributed by atoms with Crippen LogP contribution in [-0.4, -0.2) is 6.54 Å². The van der Waals surface area contributed by atoms with Crippen LogP contribution in [0.2, 0.25) is 0 Å². The molecule has 1 heteroatoms. The van der Waals surface area contributed by atoms with Crippen LogP contribution in [-0.2, 0) is 12.8 Å². The second-order valence-electron chi connectivity index (χ2n) is 4.30. The minimum Gasteiger partial charge on any atom is -0.330 e. The molecule has 1 aliphatic rings. The molecule has 1 aliphatic carbocycles. The lowest BCUT2D eigenvalue weighted by Gasteiger charge is -2.05. The van der Waals surface area contributed by atoms with Gasteiger partial charge in [0, 0.05) is 0 Å². The highest BCUT2D eigenvalue weighted by Gasteiger charge is 2.10. The van der Waals surface area contributed by atoms with Gasteiger partial charge in [-0.1, -0.05) is 24.3 Å². The van der Waals surface area contributed by atoms with E-state index in [0.717, 1.165) is 13.0 Å². The molecule has 0 unspecified atom stereocenters. The van der Waals surface area contributed by atoms with Gasteiger partial charge in [-0.25, -0.2) is 0 Å². The highest BCUT2D eigenvalue weighted by atomic mass is 14.5. The van der Waals surface area contributed by atoms with Crippen LogP contribution in [0.1, 0.15) is 36.5 Å². The van der Waals surface area contributed by atoms with Crippen molar-refractivity contribution in [3.63, 3.8) is 0 Å². The zero-order valence-corrected chi connectivity index (χ0v) is 9.42. The molecule has 0 amide bonds. The van der Waals surface area contributed by atoms with Crippen LogP contribution in [0.4, 0.5) is 0 Å². The van der Waals surface area contributed by atoms with Gasteiger partial charge in [-0.05, 0) is 61.4 Å². The fraction of sp³-hybridized carbons (Fsp3) is 0.429. The smallest absolute Gasteiger partial charge is 0.00424 e. The Morgan fingerprint density at radius 3 is 2.93 bits per heavy atom. The lowest BCUT2D eigenvalue weighted by molar-refractivity contribution is 0.911. The molecule has 0 spiro atoms. The summed E-state index contributed by atoms with van der Waals surface area (Å²) in [5.74, 6) is 0. The molecule has 0 bridgehead atoms. The molecule has 2 N–H and O–H groups in total. The number of aryl methyl sites for hydroxylation is 2. The van der Waals surface area contributed by atoms with Crippen LogP contribution < -0.4 is 5.73 Å². The highest BCUT2D eigenvalue weighted by Crippen LogP contribution is 2.25. The Labute approximate surface area is 92.0 Å². The van der Waals surface area contributed by atoms with Crippen LogP contribution in [0.25, 0.3) is 5.57 Å². The van der Waals surface area contributed by atoms with Crippen LogP contribution in [0.5, 0.6) is 0 Å². The fourth-order valence-electron chi connectivity index (χ4n) is 2.23. The lowest BCUT2D eigenvalue weighted by atomic mass is 10.0. The summed E-state index contributed by atoms with van der Waals surface area (Å²) < 4.78 is 0. The summed E-state index contributed by atoms with van der Waals surface area (Å²) in [6.07, 6.45) is 7.05. The number of benzene rings is 1. The predicted molar refractivity (Wildman–Crippen MR) is 65.8 cm³/mol. The second-order valence-corrected chi connectivity index (χ2v) is 4.30. The Bertz CT molecular complexity index is 377. The minimum atomic E-state index is 0.738. The lowest BCUT2D eigenvalue weighted by Crippen LogP contribution is -1.96. The van der Waals surface area contributed by atoms with E-state index in [9.17, 15) is 0 Å². The molecule has 1 nitrogen and oxygen atoms in total. The summed E-state index contributed by atoms with van der Waals surface area (Å²) in [5, 5.41) is 0. The van der Waals surface area contributed by atoms with Crippen LogP contribution in [0.15, 0.2) is 24.3 Å². The van der Waals surface area contributed by atoms with Crippen LogP contribution in [0, 0.1) is 0 Å². The van der Waals surface area contributed by atoms with E-state index >= 15 is 0 Å². The van der Waals surface area contributed by atoms with Crippen molar-refractivity contribution in [3.8, 4) is 0 Å². The van der Waals surface area contributed by atoms with Gasteiger partial charge in [-0.3, -0.25) is 0 Å². The number of allylic oxidation sites excluding steroid dienone is 1. The number of fused-ring (bicyclic) bond motifs is 1. The van der Waals surface area contributed by atoms with Gasteiger partial charge in [0.2, 0.25) is 0 Å². The number of nitrogens with two attached hydrogens (primary N) is 1. The quantitative estimate of drug-likeness (QED) is 0.799. The predicted octanol–water partition coefficient (Wildman–Crippen LogP) is 2.93. The molecule has 0 atom stereocenters. The zero-order valence-electron chi connectivity index (χ0n) is 9.42. The molecule has 0 saturated carbocycles. The van der Waals surface area contributed by atoms with Crippen LogP contribution in [0.3, 0.4) is 0 Å². The molecule has 0 heterocycles. The molecule has 0 fully saturated rings.